The van der Waals surface area contributed by atoms with Gasteiger partial charge in [-0.1, -0.05) is 43.3 Å². The maximum atomic E-state index is 12.9. The van der Waals surface area contributed by atoms with Gasteiger partial charge in [-0.15, -0.1) is 0 Å². The van der Waals surface area contributed by atoms with E-state index in [-0.39, 0.29) is 18.4 Å². The highest BCUT2D eigenvalue weighted by Gasteiger charge is 2.37. The molecule has 0 aliphatic carbocycles. The van der Waals surface area contributed by atoms with Crippen molar-refractivity contribution >= 4 is 23.6 Å². The van der Waals surface area contributed by atoms with Crippen molar-refractivity contribution in [3.05, 3.63) is 59.7 Å². The Hall–Kier alpha value is -2.94. The van der Waals surface area contributed by atoms with Gasteiger partial charge in [0, 0.05) is 43.9 Å². The van der Waals surface area contributed by atoms with Crippen LogP contribution < -0.4 is 5.32 Å². The minimum atomic E-state index is -0.986. The first-order valence-corrected chi connectivity index (χ1v) is 12.8. The van der Waals surface area contributed by atoms with Crippen LogP contribution >= 0.6 is 0 Å². The summed E-state index contributed by atoms with van der Waals surface area (Å²) in [4.78, 5) is 23.1. The first kappa shape index (κ1) is 26.1. The van der Waals surface area contributed by atoms with Crippen molar-refractivity contribution < 1.29 is 15.0 Å². The number of likely N-dealkylation sites (N-methyl/N-ethyl adjacent to an activating group) is 1. The van der Waals surface area contributed by atoms with E-state index in [9.17, 15) is 15.0 Å². The van der Waals surface area contributed by atoms with E-state index in [0.717, 1.165) is 35.6 Å². The minimum absolute atomic E-state index is 0.122. The van der Waals surface area contributed by atoms with Crippen molar-refractivity contribution in [1.82, 2.24) is 14.7 Å². The molecular weight excluding hydrogens is 454 g/mol. The molecule has 0 saturated carbocycles. The van der Waals surface area contributed by atoms with E-state index in [0.29, 0.717) is 32.4 Å². The molecule has 8 heteroatoms. The Morgan fingerprint density at radius 1 is 1.19 bits per heavy atom. The average molecular weight is 494 g/mol. The number of nitrogens with one attached hydrogen (secondary N) is 1. The Kier molecular flexibility index (Phi) is 8.28. The molecule has 2 aromatic rings. The zero-order valence-corrected chi connectivity index (χ0v) is 21.6. The number of carbonyl (C=O) groups is 1. The Bertz CT molecular complexity index is 1050. The van der Waals surface area contributed by atoms with Crippen LogP contribution in [0.3, 0.4) is 0 Å². The Morgan fingerprint density at radius 3 is 2.61 bits per heavy atom. The number of aliphatic hydroxyl groups is 2. The van der Waals surface area contributed by atoms with Crippen LogP contribution in [0.1, 0.15) is 49.5 Å². The minimum Gasteiger partial charge on any atom is -0.388 e. The van der Waals surface area contributed by atoms with Crippen molar-refractivity contribution in [2.24, 2.45) is 4.99 Å². The van der Waals surface area contributed by atoms with Gasteiger partial charge in [0.1, 0.15) is 0 Å². The zero-order valence-electron chi connectivity index (χ0n) is 21.6. The number of aliphatic hydroxyl groups excluding tert-OH is 1. The van der Waals surface area contributed by atoms with Gasteiger partial charge < -0.3 is 30.2 Å². The number of hydrogen-bond donors (Lipinski definition) is 3. The molecule has 0 aromatic heterocycles. The second kappa shape index (κ2) is 11.4. The predicted molar refractivity (Wildman–Crippen MR) is 144 cm³/mol. The van der Waals surface area contributed by atoms with Crippen molar-refractivity contribution in [3.8, 4) is 0 Å². The fraction of sp³-hybridized carbons (Fsp3) is 0.500. The molecule has 2 aliphatic rings. The monoisotopic (exact) mass is 493 g/mol. The molecule has 0 spiro atoms. The number of aliphatic imine (C=N–C) groups is 1. The number of likely N-dealkylation sites (tertiary alicyclic amines) is 1. The zero-order chi connectivity index (χ0) is 25.7. The van der Waals surface area contributed by atoms with Gasteiger partial charge in [0.05, 0.1) is 24.2 Å². The van der Waals surface area contributed by atoms with Crippen molar-refractivity contribution in [2.75, 3.05) is 52.1 Å². The normalized spacial score (nSPS) is 19.8. The van der Waals surface area contributed by atoms with Gasteiger partial charge in [-0.3, -0.25) is 4.79 Å². The molecule has 1 fully saturated rings. The lowest BCUT2D eigenvalue weighted by molar-refractivity contribution is -0.136. The highest BCUT2D eigenvalue weighted by Crippen LogP contribution is 2.35. The quantitative estimate of drug-likeness (QED) is 0.497. The van der Waals surface area contributed by atoms with E-state index in [1.54, 1.807) is 11.2 Å². The van der Waals surface area contributed by atoms with Crippen molar-refractivity contribution in [2.45, 2.75) is 43.9 Å². The van der Waals surface area contributed by atoms with Gasteiger partial charge in [-0.05, 0) is 50.6 Å². The molecule has 3 N–H and O–H groups in total. The number of carbonyl (C=O) groups excluding carboxylic acids is 1. The number of piperidine rings is 1. The summed E-state index contributed by atoms with van der Waals surface area (Å²) in [5, 5.41) is 25.6. The van der Waals surface area contributed by atoms with Crippen LogP contribution in [0.25, 0.3) is 0 Å². The lowest BCUT2D eigenvalue weighted by Crippen LogP contribution is -2.52. The average Bonchev–Trinajstić information content (AvgIpc) is 2.86. The molecule has 194 valence electrons. The Balaban J connectivity index is 1.30. The molecule has 1 amide bonds. The van der Waals surface area contributed by atoms with Crippen LogP contribution in [0.15, 0.2) is 53.5 Å². The van der Waals surface area contributed by atoms with Gasteiger partial charge in [-0.25, -0.2) is 4.99 Å². The highest BCUT2D eigenvalue weighted by atomic mass is 16.3. The number of nitrogens with zero attached hydrogens (tertiary/aromatic N) is 4. The maximum absolute atomic E-state index is 12.9. The van der Waals surface area contributed by atoms with Gasteiger partial charge in [0.2, 0.25) is 5.91 Å². The number of β-amino-alcohol motifs (C(OH)–C–C–N with tert-alkyl or cyclic N) is 1. The summed E-state index contributed by atoms with van der Waals surface area (Å²) in [6.45, 7) is 5.10. The number of anilines is 1. The first-order chi connectivity index (χ1) is 17.2. The number of hydrogen-bond acceptors (Lipinski definition) is 7. The summed E-state index contributed by atoms with van der Waals surface area (Å²) in [5.74, 6) is 0.278. The summed E-state index contributed by atoms with van der Waals surface area (Å²) in [6, 6.07) is 15.9. The third-order valence-corrected chi connectivity index (χ3v) is 7.23. The van der Waals surface area contributed by atoms with Gasteiger partial charge in [-0.2, -0.15) is 0 Å². The van der Waals surface area contributed by atoms with Crippen molar-refractivity contribution in [1.29, 1.82) is 0 Å². The Labute approximate surface area is 214 Å². The molecule has 2 aliphatic heterocycles. The molecule has 2 atom stereocenters. The summed E-state index contributed by atoms with van der Waals surface area (Å²) in [5.41, 5.74) is 2.59. The fourth-order valence-corrected chi connectivity index (χ4v) is 4.87. The second-order valence-corrected chi connectivity index (χ2v) is 10.4. The van der Waals surface area contributed by atoms with E-state index >= 15 is 0 Å². The largest absolute Gasteiger partial charge is 0.388 e. The SMILES string of the molecule is CC(CC(=O)N1CCC(O)(CN2C=Nc3cc(NCCN(C)C)ccc3C2O)CC1)c1ccccc1. The van der Waals surface area contributed by atoms with Crippen LogP contribution in [0.5, 0.6) is 0 Å². The standard InChI is InChI=1S/C28H39N5O3/c1-21(22-7-5-4-6-8-22)17-26(34)32-14-11-28(36,12-15-32)19-33-20-30-25-18-23(29-13-16-31(2)3)9-10-24(25)27(33)35/h4-10,18,20-21,27,29,35-36H,11-17,19H2,1-3H3. The molecule has 2 aromatic carbocycles. The van der Waals surface area contributed by atoms with E-state index in [2.05, 4.69) is 34.3 Å². The number of rotatable bonds is 9. The van der Waals surface area contributed by atoms with E-state index in [1.807, 2.05) is 55.4 Å². The van der Waals surface area contributed by atoms with Crippen LogP contribution in [0.2, 0.25) is 0 Å². The van der Waals surface area contributed by atoms with Gasteiger partial charge in [0.25, 0.3) is 0 Å². The second-order valence-electron chi connectivity index (χ2n) is 10.4. The van der Waals surface area contributed by atoms with Crippen LogP contribution in [0.4, 0.5) is 11.4 Å². The van der Waals surface area contributed by atoms with Gasteiger partial charge >= 0.3 is 0 Å². The molecule has 36 heavy (non-hydrogen) atoms. The molecule has 0 radical (unpaired) electrons. The molecule has 1 saturated heterocycles. The van der Waals surface area contributed by atoms with Crippen LogP contribution in [-0.4, -0.2) is 89.6 Å². The summed E-state index contributed by atoms with van der Waals surface area (Å²) >= 11 is 0. The van der Waals surface area contributed by atoms with E-state index in [1.165, 1.54) is 0 Å². The van der Waals surface area contributed by atoms with E-state index < -0.39 is 11.8 Å². The number of benzene rings is 2. The summed E-state index contributed by atoms with van der Waals surface area (Å²) in [7, 11) is 4.07. The smallest absolute Gasteiger partial charge is 0.223 e. The third kappa shape index (κ3) is 6.43. The summed E-state index contributed by atoms with van der Waals surface area (Å²) < 4.78 is 0. The van der Waals surface area contributed by atoms with Gasteiger partial charge in [0.15, 0.2) is 6.23 Å². The molecule has 0 bridgehead atoms. The highest BCUT2D eigenvalue weighted by molar-refractivity contribution is 5.77. The first-order valence-electron chi connectivity index (χ1n) is 12.8. The molecule has 8 nitrogen and oxygen atoms in total. The molecule has 4 rings (SSSR count). The lowest BCUT2D eigenvalue weighted by atomic mass is 9.89. The third-order valence-electron chi connectivity index (χ3n) is 7.23. The summed E-state index contributed by atoms with van der Waals surface area (Å²) in [6.07, 6.45) is 2.15. The van der Waals surface area contributed by atoms with Crippen LogP contribution in [-0.2, 0) is 4.79 Å². The number of amides is 1. The Morgan fingerprint density at radius 2 is 1.92 bits per heavy atom. The maximum Gasteiger partial charge on any atom is 0.223 e. The lowest BCUT2D eigenvalue weighted by Gasteiger charge is -2.42. The van der Waals surface area contributed by atoms with Crippen LogP contribution in [0, 0.1) is 0 Å². The molecular formula is C28H39N5O3. The predicted octanol–water partition coefficient (Wildman–Crippen LogP) is 3.17. The number of fused-ring (bicyclic) bond motifs is 1. The topological polar surface area (TPSA) is 91.6 Å². The molecule has 2 unspecified atom stereocenters. The van der Waals surface area contributed by atoms with E-state index in [4.69, 9.17) is 0 Å². The fourth-order valence-electron chi connectivity index (χ4n) is 4.87. The molecule has 2 heterocycles. The van der Waals surface area contributed by atoms with Crippen molar-refractivity contribution in [3.63, 3.8) is 0 Å².